The quantitative estimate of drug-likeness (QED) is 0.660. The number of nitrogens with zero attached hydrogens (tertiary/aromatic N) is 2. The first-order valence-electron chi connectivity index (χ1n) is 9.17. The SMILES string of the molecule is O=C(CCSc1ccccc1Br)N1CCCC(C(=O)N2CCOCC2)C1. The van der Waals surface area contributed by atoms with Crippen molar-refractivity contribution >= 4 is 39.5 Å². The molecule has 5 nitrogen and oxygen atoms in total. The first kappa shape index (κ1) is 19.7. The number of carbonyl (C=O) groups is 2. The van der Waals surface area contributed by atoms with Gasteiger partial charge in [0.2, 0.25) is 11.8 Å². The van der Waals surface area contributed by atoms with Crippen LogP contribution in [0.1, 0.15) is 19.3 Å². The number of thioether (sulfide) groups is 1. The second kappa shape index (κ2) is 9.76. The van der Waals surface area contributed by atoms with Gasteiger partial charge in [0.1, 0.15) is 0 Å². The van der Waals surface area contributed by atoms with E-state index >= 15 is 0 Å². The molecule has 0 N–H and O–H groups in total. The Bertz CT molecular complexity index is 637. The molecule has 26 heavy (non-hydrogen) atoms. The van der Waals surface area contributed by atoms with Crippen molar-refractivity contribution in [2.75, 3.05) is 45.1 Å². The number of hydrogen-bond acceptors (Lipinski definition) is 4. The van der Waals surface area contributed by atoms with Crippen LogP contribution in [-0.2, 0) is 14.3 Å². The van der Waals surface area contributed by atoms with Crippen LogP contribution in [0.2, 0.25) is 0 Å². The first-order chi connectivity index (χ1) is 12.6. The zero-order chi connectivity index (χ0) is 18.4. The molecule has 2 heterocycles. The average molecular weight is 441 g/mol. The van der Waals surface area contributed by atoms with E-state index in [-0.39, 0.29) is 17.7 Å². The van der Waals surface area contributed by atoms with Gasteiger partial charge in [0.05, 0.1) is 19.1 Å². The van der Waals surface area contributed by atoms with Gasteiger partial charge in [-0.05, 0) is 40.9 Å². The van der Waals surface area contributed by atoms with Gasteiger partial charge >= 0.3 is 0 Å². The van der Waals surface area contributed by atoms with Crippen LogP contribution in [0.15, 0.2) is 33.6 Å². The lowest BCUT2D eigenvalue weighted by atomic mass is 9.96. The highest BCUT2D eigenvalue weighted by molar-refractivity contribution is 9.10. The normalized spacial score (nSPS) is 20.9. The smallest absolute Gasteiger partial charge is 0.227 e. The van der Waals surface area contributed by atoms with Crippen LogP contribution in [0.3, 0.4) is 0 Å². The van der Waals surface area contributed by atoms with Gasteiger partial charge in [-0.25, -0.2) is 0 Å². The van der Waals surface area contributed by atoms with E-state index in [2.05, 4.69) is 22.0 Å². The van der Waals surface area contributed by atoms with E-state index in [1.54, 1.807) is 11.8 Å². The zero-order valence-corrected chi connectivity index (χ0v) is 17.3. The van der Waals surface area contributed by atoms with Gasteiger partial charge in [-0.3, -0.25) is 9.59 Å². The number of carbonyl (C=O) groups excluding carboxylic acids is 2. The highest BCUT2D eigenvalue weighted by Crippen LogP contribution is 2.28. The molecule has 0 bridgehead atoms. The predicted molar refractivity (Wildman–Crippen MR) is 106 cm³/mol. The second-order valence-electron chi connectivity index (χ2n) is 6.65. The van der Waals surface area contributed by atoms with Crippen LogP contribution in [0.25, 0.3) is 0 Å². The topological polar surface area (TPSA) is 49.9 Å². The molecule has 142 valence electrons. The maximum absolute atomic E-state index is 12.7. The molecule has 1 aromatic carbocycles. The Morgan fingerprint density at radius 3 is 2.69 bits per heavy atom. The minimum atomic E-state index is -0.0540. The number of rotatable bonds is 5. The van der Waals surface area contributed by atoms with E-state index in [9.17, 15) is 9.59 Å². The molecular weight excluding hydrogens is 416 g/mol. The lowest BCUT2D eigenvalue weighted by Gasteiger charge is -2.36. The summed E-state index contributed by atoms with van der Waals surface area (Å²) in [4.78, 5) is 30.2. The summed E-state index contributed by atoms with van der Waals surface area (Å²) < 4.78 is 6.38. The molecule has 1 aromatic rings. The summed E-state index contributed by atoms with van der Waals surface area (Å²) >= 11 is 5.22. The number of piperidine rings is 1. The lowest BCUT2D eigenvalue weighted by molar-refractivity contribution is -0.143. The molecule has 0 radical (unpaired) electrons. The van der Waals surface area contributed by atoms with E-state index < -0.39 is 0 Å². The monoisotopic (exact) mass is 440 g/mol. The van der Waals surface area contributed by atoms with Crippen molar-refractivity contribution in [2.24, 2.45) is 5.92 Å². The summed E-state index contributed by atoms with van der Waals surface area (Å²) in [5.41, 5.74) is 0. The fourth-order valence-corrected chi connectivity index (χ4v) is 4.92. The lowest BCUT2D eigenvalue weighted by Crippen LogP contribution is -2.49. The van der Waals surface area contributed by atoms with Crippen LogP contribution >= 0.6 is 27.7 Å². The molecule has 1 atom stereocenters. The maximum Gasteiger partial charge on any atom is 0.227 e. The first-order valence-corrected chi connectivity index (χ1v) is 10.9. The number of ether oxygens (including phenoxy) is 1. The van der Waals surface area contributed by atoms with E-state index in [0.717, 1.165) is 34.5 Å². The van der Waals surface area contributed by atoms with Crippen LogP contribution < -0.4 is 0 Å². The van der Waals surface area contributed by atoms with E-state index in [0.29, 0.717) is 39.3 Å². The predicted octanol–water partition coefficient (Wildman–Crippen LogP) is 3.03. The highest BCUT2D eigenvalue weighted by atomic mass is 79.9. The fraction of sp³-hybridized carbons (Fsp3) is 0.579. The van der Waals surface area contributed by atoms with E-state index in [1.807, 2.05) is 28.0 Å². The Hall–Kier alpha value is -1.05. The van der Waals surface area contributed by atoms with Gasteiger partial charge in [-0.1, -0.05) is 12.1 Å². The van der Waals surface area contributed by atoms with Crippen molar-refractivity contribution in [3.63, 3.8) is 0 Å². The molecule has 1 unspecified atom stereocenters. The van der Waals surface area contributed by atoms with Crippen molar-refractivity contribution in [3.8, 4) is 0 Å². The van der Waals surface area contributed by atoms with Crippen molar-refractivity contribution < 1.29 is 14.3 Å². The highest BCUT2D eigenvalue weighted by Gasteiger charge is 2.31. The Morgan fingerprint density at radius 2 is 1.92 bits per heavy atom. The molecule has 2 fully saturated rings. The summed E-state index contributed by atoms with van der Waals surface area (Å²) in [6.45, 7) is 3.92. The van der Waals surface area contributed by atoms with Gasteiger partial charge in [0, 0.05) is 47.7 Å². The minimum Gasteiger partial charge on any atom is -0.378 e. The van der Waals surface area contributed by atoms with Crippen molar-refractivity contribution in [3.05, 3.63) is 28.7 Å². The maximum atomic E-state index is 12.7. The fourth-order valence-electron chi connectivity index (χ4n) is 3.42. The van der Waals surface area contributed by atoms with Gasteiger partial charge in [0.25, 0.3) is 0 Å². The number of morpholine rings is 1. The molecule has 2 amide bonds. The van der Waals surface area contributed by atoms with Gasteiger partial charge < -0.3 is 14.5 Å². The van der Waals surface area contributed by atoms with Gasteiger partial charge in [0.15, 0.2) is 0 Å². The minimum absolute atomic E-state index is 0.0540. The van der Waals surface area contributed by atoms with Crippen LogP contribution in [-0.4, -0.2) is 66.8 Å². The van der Waals surface area contributed by atoms with E-state index in [1.165, 1.54) is 0 Å². The molecule has 0 aromatic heterocycles. The second-order valence-corrected chi connectivity index (χ2v) is 8.64. The molecule has 3 rings (SSSR count). The third-order valence-electron chi connectivity index (χ3n) is 4.86. The third kappa shape index (κ3) is 5.24. The summed E-state index contributed by atoms with van der Waals surface area (Å²) in [5, 5.41) is 0. The van der Waals surface area contributed by atoms with Gasteiger partial charge in [-0.2, -0.15) is 0 Å². The molecule has 0 saturated carbocycles. The summed E-state index contributed by atoms with van der Waals surface area (Å²) in [6.07, 6.45) is 2.29. The summed E-state index contributed by atoms with van der Waals surface area (Å²) in [5.74, 6) is 1.04. The summed E-state index contributed by atoms with van der Waals surface area (Å²) in [6, 6.07) is 8.05. The van der Waals surface area contributed by atoms with Crippen LogP contribution in [0.4, 0.5) is 0 Å². The molecule has 2 aliphatic heterocycles. The van der Waals surface area contributed by atoms with Crippen molar-refractivity contribution in [2.45, 2.75) is 24.2 Å². The zero-order valence-electron chi connectivity index (χ0n) is 14.9. The third-order valence-corrected chi connectivity index (χ3v) is 6.89. The number of amides is 2. The average Bonchev–Trinajstić information content (AvgIpc) is 2.69. The molecule has 7 heteroatoms. The molecule has 0 spiro atoms. The molecule has 0 aliphatic carbocycles. The number of halogens is 1. The largest absolute Gasteiger partial charge is 0.378 e. The standard InChI is InChI=1S/C19H25BrN2O3S/c20-16-5-1-2-6-17(16)26-13-7-18(23)22-8-3-4-15(14-22)19(24)21-9-11-25-12-10-21/h1-2,5-6,15H,3-4,7-14H2. The van der Waals surface area contributed by atoms with Crippen LogP contribution in [0, 0.1) is 5.92 Å². The van der Waals surface area contributed by atoms with Gasteiger partial charge in [-0.15, -0.1) is 11.8 Å². The van der Waals surface area contributed by atoms with Crippen molar-refractivity contribution in [1.82, 2.24) is 9.80 Å². The van der Waals surface area contributed by atoms with E-state index in [4.69, 9.17) is 4.74 Å². The Morgan fingerprint density at radius 1 is 1.15 bits per heavy atom. The number of likely N-dealkylation sites (tertiary alicyclic amines) is 1. The number of hydrogen-bond donors (Lipinski definition) is 0. The Balaban J connectivity index is 1.46. The van der Waals surface area contributed by atoms with Crippen molar-refractivity contribution in [1.29, 1.82) is 0 Å². The number of benzene rings is 1. The Labute approximate surface area is 167 Å². The molecular formula is C19H25BrN2O3S. The van der Waals surface area contributed by atoms with Crippen LogP contribution in [0.5, 0.6) is 0 Å². The molecule has 2 aliphatic rings. The molecule has 2 saturated heterocycles. The Kier molecular flexibility index (Phi) is 7.40. The summed E-state index contributed by atoms with van der Waals surface area (Å²) in [7, 11) is 0.